The quantitative estimate of drug-likeness (QED) is 0.794. The number of benzene rings is 2. The number of hydrogen-bond donors (Lipinski definition) is 3. The van der Waals surface area contributed by atoms with Crippen LogP contribution in [-0.2, 0) is 9.59 Å². The molecule has 2 aromatic carbocycles. The summed E-state index contributed by atoms with van der Waals surface area (Å²) in [7, 11) is 0. The van der Waals surface area contributed by atoms with E-state index in [0.717, 1.165) is 5.56 Å². The van der Waals surface area contributed by atoms with Crippen LogP contribution in [0.15, 0.2) is 42.5 Å². The molecule has 2 amide bonds. The molecule has 6 heteroatoms. The Morgan fingerprint density at radius 2 is 1.65 bits per heavy atom. The predicted octanol–water partition coefficient (Wildman–Crippen LogP) is 3.14. The molecule has 0 spiro atoms. The van der Waals surface area contributed by atoms with E-state index in [9.17, 15) is 14.0 Å². The summed E-state index contributed by atoms with van der Waals surface area (Å²) >= 11 is 0. The van der Waals surface area contributed by atoms with Gasteiger partial charge in [0.2, 0.25) is 11.8 Å². The van der Waals surface area contributed by atoms with E-state index in [0.29, 0.717) is 11.4 Å². The molecule has 0 heterocycles. The highest BCUT2D eigenvalue weighted by Crippen LogP contribution is 2.19. The van der Waals surface area contributed by atoms with Crippen molar-refractivity contribution >= 4 is 28.9 Å². The monoisotopic (exact) mass is 315 g/mol. The van der Waals surface area contributed by atoms with Crippen molar-refractivity contribution < 1.29 is 14.0 Å². The number of amides is 2. The van der Waals surface area contributed by atoms with Crippen molar-refractivity contribution in [3.05, 3.63) is 53.8 Å². The number of hydrogen-bond acceptors (Lipinski definition) is 3. The van der Waals surface area contributed by atoms with Crippen LogP contribution >= 0.6 is 0 Å². The Morgan fingerprint density at radius 1 is 1.00 bits per heavy atom. The maximum Gasteiger partial charge on any atom is 0.243 e. The molecule has 0 aliphatic heterocycles. The Balaban J connectivity index is 1.93. The maximum absolute atomic E-state index is 13.5. The van der Waals surface area contributed by atoms with Gasteiger partial charge in [-0.2, -0.15) is 0 Å². The molecule has 2 aromatic rings. The standard InChI is InChI=1S/C17H18FN3O2/c1-11-3-5-13(6-4-11)21-17(23)10-19-14-7-8-15(18)16(9-14)20-12(2)22/h3-9,19H,10H2,1-2H3,(H,20,22)(H,21,23). The van der Waals surface area contributed by atoms with Crippen LogP contribution in [0.4, 0.5) is 21.5 Å². The lowest BCUT2D eigenvalue weighted by Gasteiger charge is -2.10. The Morgan fingerprint density at radius 3 is 2.30 bits per heavy atom. The smallest absolute Gasteiger partial charge is 0.243 e. The highest BCUT2D eigenvalue weighted by Gasteiger charge is 2.07. The summed E-state index contributed by atoms with van der Waals surface area (Å²) in [4.78, 5) is 22.9. The highest BCUT2D eigenvalue weighted by molar-refractivity contribution is 5.94. The van der Waals surface area contributed by atoms with Crippen LogP contribution in [0.1, 0.15) is 12.5 Å². The number of rotatable bonds is 5. The van der Waals surface area contributed by atoms with Gasteiger partial charge in [0.15, 0.2) is 0 Å². The molecule has 0 fully saturated rings. The molecular weight excluding hydrogens is 297 g/mol. The fraction of sp³-hybridized carbons (Fsp3) is 0.176. The molecule has 0 radical (unpaired) electrons. The van der Waals surface area contributed by atoms with Gasteiger partial charge in [0.05, 0.1) is 12.2 Å². The Kier molecular flexibility index (Phi) is 5.30. The lowest BCUT2D eigenvalue weighted by molar-refractivity contribution is -0.115. The van der Waals surface area contributed by atoms with Crippen molar-refractivity contribution in [3.8, 4) is 0 Å². The first-order valence-electron chi connectivity index (χ1n) is 7.11. The second kappa shape index (κ2) is 7.40. The second-order valence-electron chi connectivity index (χ2n) is 5.14. The third kappa shape index (κ3) is 5.10. The Bertz CT molecular complexity index is 714. The van der Waals surface area contributed by atoms with Crippen molar-refractivity contribution in [1.82, 2.24) is 0 Å². The van der Waals surface area contributed by atoms with Crippen molar-refractivity contribution in [2.45, 2.75) is 13.8 Å². The largest absolute Gasteiger partial charge is 0.376 e. The molecule has 0 unspecified atom stereocenters. The summed E-state index contributed by atoms with van der Waals surface area (Å²) in [5, 5.41) is 8.03. The average molecular weight is 315 g/mol. The van der Waals surface area contributed by atoms with Gasteiger partial charge >= 0.3 is 0 Å². The number of carbonyl (C=O) groups excluding carboxylic acids is 2. The van der Waals surface area contributed by atoms with Gasteiger partial charge < -0.3 is 16.0 Å². The first-order chi connectivity index (χ1) is 10.9. The van der Waals surface area contributed by atoms with Crippen LogP contribution in [0, 0.1) is 12.7 Å². The SMILES string of the molecule is CC(=O)Nc1cc(NCC(=O)Nc2ccc(C)cc2)ccc1F. The van der Waals surface area contributed by atoms with Crippen LogP contribution in [0.3, 0.4) is 0 Å². The van der Waals surface area contributed by atoms with Crippen molar-refractivity contribution in [3.63, 3.8) is 0 Å². The van der Waals surface area contributed by atoms with Gasteiger partial charge in [-0.05, 0) is 37.3 Å². The normalized spacial score (nSPS) is 10.0. The minimum absolute atomic E-state index is 0.0268. The van der Waals surface area contributed by atoms with Crippen LogP contribution in [0.25, 0.3) is 0 Å². The number of carbonyl (C=O) groups is 2. The molecule has 5 nitrogen and oxygen atoms in total. The van der Waals surface area contributed by atoms with E-state index in [1.54, 1.807) is 0 Å². The molecule has 0 saturated carbocycles. The lowest BCUT2D eigenvalue weighted by Crippen LogP contribution is -2.21. The number of aryl methyl sites for hydroxylation is 1. The van der Waals surface area contributed by atoms with Crippen LogP contribution in [0.2, 0.25) is 0 Å². The number of halogens is 1. The Hall–Kier alpha value is -2.89. The fourth-order valence-corrected chi connectivity index (χ4v) is 1.95. The molecule has 0 aromatic heterocycles. The minimum atomic E-state index is -0.533. The van der Waals surface area contributed by atoms with Gasteiger partial charge in [0.1, 0.15) is 5.82 Å². The maximum atomic E-state index is 13.5. The minimum Gasteiger partial charge on any atom is -0.376 e. The van der Waals surface area contributed by atoms with Gasteiger partial charge in [-0.15, -0.1) is 0 Å². The predicted molar refractivity (Wildman–Crippen MR) is 89.0 cm³/mol. The summed E-state index contributed by atoms with van der Waals surface area (Å²) in [5.74, 6) is -1.12. The zero-order valence-electron chi connectivity index (χ0n) is 12.9. The van der Waals surface area contributed by atoms with Crippen LogP contribution in [-0.4, -0.2) is 18.4 Å². The van der Waals surface area contributed by atoms with Crippen LogP contribution < -0.4 is 16.0 Å². The summed E-state index contributed by atoms with van der Waals surface area (Å²) in [5.41, 5.74) is 2.43. The molecule has 120 valence electrons. The van der Waals surface area contributed by atoms with Crippen molar-refractivity contribution in [2.24, 2.45) is 0 Å². The third-order valence-electron chi connectivity index (χ3n) is 3.07. The second-order valence-corrected chi connectivity index (χ2v) is 5.14. The van der Waals surface area contributed by atoms with E-state index in [-0.39, 0.29) is 24.0 Å². The van der Waals surface area contributed by atoms with E-state index in [4.69, 9.17) is 0 Å². The number of anilines is 3. The fourth-order valence-electron chi connectivity index (χ4n) is 1.95. The summed E-state index contributed by atoms with van der Waals surface area (Å²) in [6.45, 7) is 3.29. The van der Waals surface area contributed by atoms with Crippen LogP contribution in [0.5, 0.6) is 0 Å². The molecular formula is C17H18FN3O2. The molecule has 23 heavy (non-hydrogen) atoms. The van der Waals surface area contributed by atoms with E-state index in [1.165, 1.54) is 25.1 Å². The van der Waals surface area contributed by atoms with E-state index >= 15 is 0 Å². The topological polar surface area (TPSA) is 70.2 Å². The van der Waals surface area contributed by atoms with Crippen molar-refractivity contribution in [2.75, 3.05) is 22.5 Å². The summed E-state index contributed by atoms with van der Waals surface area (Å²) in [6, 6.07) is 11.6. The molecule has 3 N–H and O–H groups in total. The zero-order chi connectivity index (χ0) is 16.8. The summed E-state index contributed by atoms with van der Waals surface area (Å²) < 4.78 is 13.5. The molecule has 0 aliphatic rings. The molecule has 0 atom stereocenters. The summed E-state index contributed by atoms with van der Waals surface area (Å²) in [6.07, 6.45) is 0. The zero-order valence-corrected chi connectivity index (χ0v) is 12.9. The molecule has 2 rings (SSSR count). The first kappa shape index (κ1) is 16.5. The third-order valence-corrected chi connectivity index (χ3v) is 3.07. The molecule has 0 saturated heterocycles. The van der Waals surface area contributed by atoms with Gasteiger partial charge in [0.25, 0.3) is 0 Å². The molecule has 0 aliphatic carbocycles. The highest BCUT2D eigenvalue weighted by atomic mass is 19.1. The number of nitrogens with one attached hydrogen (secondary N) is 3. The van der Waals surface area contributed by atoms with E-state index in [2.05, 4.69) is 16.0 Å². The van der Waals surface area contributed by atoms with E-state index < -0.39 is 5.82 Å². The van der Waals surface area contributed by atoms with E-state index in [1.807, 2.05) is 31.2 Å². The molecule has 0 bridgehead atoms. The first-order valence-corrected chi connectivity index (χ1v) is 7.11. The van der Waals surface area contributed by atoms with Gasteiger partial charge in [0, 0.05) is 18.3 Å². The van der Waals surface area contributed by atoms with Gasteiger partial charge in [-0.3, -0.25) is 9.59 Å². The Labute approximate surface area is 133 Å². The van der Waals surface area contributed by atoms with Crippen molar-refractivity contribution in [1.29, 1.82) is 0 Å². The van der Waals surface area contributed by atoms with Gasteiger partial charge in [-0.1, -0.05) is 17.7 Å². The van der Waals surface area contributed by atoms with Gasteiger partial charge in [-0.25, -0.2) is 4.39 Å². The average Bonchev–Trinajstić information content (AvgIpc) is 2.50. The lowest BCUT2D eigenvalue weighted by atomic mass is 10.2.